The first kappa shape index (κ1) is 6.47. The molecule has 0 amide bonds. The zero-order valence-electron chi connectivity index (χ0n) is 4.94. The van der Waals surface area contributed by atoms with E-state index in [1.54, 1.807) is 6.21 Å². The van der Waals surface area contributed by atoms with Gasteiger partial charge in [-0.05, 0) is 13.3 Å². The Balaban J connectivity index is 2.69. The second-order valence-corrected chi connectivity index (χ2v) is 1.30. The third kappa shape index (κ3) is 5.47. The average molecular weight is 100 g/mol. The smallest absolute Gasteiger partial charge is 0.0326 e. The summed E-state index contributed by atoms with van der Waals surface area (Å²) in [4.78, 5) is 0. The van der Waals surface area contributed by atoms with Crippen LogP contribution in [0.25, 0.3) is 0 Å². The lowest BCUT2D eigenvalue weighted by Gasteiger charge is -1.90. The van der Waals surface area contributed by atoms with E-state index in [1.807, 2.05) is 6.92 Å². The van der Waals surface area contributed by atoms with Crippen LogP contribution in [0, 0.1) is 0 Å². The fourth-order valence-electron chi connectivity index (χ4n) is 0.268. The maximum absolute atomic E-state index is 3.79. The van der Waals surface area contributed by atoms with Crippen LogP contribution in [-0.2, 0) is 0 Å². The topological polar surface area (TPSA) is 24.4 Å². The standard InChI is InChI=1S/C5H12N2/c1-3-5-7-6-4-2/h4,7H,3,5H2,1-2H3/b6-4-. The van der Waals surface area contributed by atoms with Gasteiger partial charge >= 0.3 is 0 Å². The average Bonchev–Trinajstić information content (AvgIpc) is 1.69. The summed E-state index contributed by atoms with van der Waals surface area (Å²) in [5, 5.41) is 3.79. The molecule has 0 aliphatic carbocycles. The largest absolute Gasteiger partial charge is 0.310 e. The van der Waals surface area contributed by atoms with E-state index >= 15 is 0 Å². The normalized spacial score (nSPS) is 10.0. The summed E-state index contributed by atoms with van der Waals surface area (Å²) >= 11 is 0. The molecule has 0 spiro atoms. The van der Waals surface area contributed by atoms with Crippen LogP contribution in [0.1, 0.15) is 20.3 Å². The van der Waals surface area contributed by atoms with Crippen molar-refractivity contribution in [1.29, 1.82) is 0 Å². The molecule has 0 saturated carbocycles. The quantitative estimate of drug-likeness (QED) is 0.319. The van der Waals surface area contributed by atoms with Gasteiger partial charge in [0.25, 0.3) is 0 Å². The number of hydrogen-bond donors (Lipinski definition) is 1. The first-order chi connectivity index (χ1) is 3.41. The molecule has 0 aliphatic heterocycles. The third-order valence-corrected chi connectivity index (χ3v) is 0.582. The lowest BCUT2D eigenvalue weighted by atomic mass is 10.5. The lowest BCUT2D eigenvalue weighted by Crippen LogP contribution is -2.04. The fourth-order valence-corrected chi connectivity index (χ4v) is 0.268. The molecule has 0 aromatic heterocycles. The molecule has 0 aromatic carbocycles. The van der Waals surface area contributed by atoms with Crippen LogP contribution in [0.2, 0.25) is 0 Å². The number of nitrogens with zero attached hydrogens (tertiary/aromatic N) is 1. The van der Waals surface area contributed by atoms with Gasteiger partial charge in [-0.1, -0.05) is 6.92 Å². The summed E-state index contributed by atoms with van der Waals surface area (Å²) in [5.74, 6) is 0. The molecule has 0 rings (SSSR count). The molecule has 0 aliphatic rings. The molecule has 0 heterocycles. The van der Waals surface area contributed by atoms with Crippen molar-refractivity contribution >= 4 is 6.21 Å². The van der Waals surface area contributed by atoms with Gasteiger partial charge in [0.2, 0.25) is 0 Å². The first-order valence-corrected chi connectivity index (χ1v) is 2.62. The van der Waals surface area contributed by atoms with Gasteiger partial charge in [0.1, 0.15) is 0 Å². The van der Waals surface area contributed by atoms with E-state index in [1.165, 1.54) is 0 Å². The van der Waals surface area contributed by atoms with E-state index < -0.39 is 0 Å². The van der Waals surface area contributed by atoms with E-state index in [-0.39, 0.29) is 0 Å². The highest BCUT2D eigenvalue weighted by atomic mass is 15.3. The van der Waals surface area contributed by atoms with E-state index in [4.69, 9.17) is 0 Å². The minimum absolute atomic E-state index is 0.977. The molecule has 0 fully saturated rings. The molecular weight excluding hydrogens is 88.1 g/mol. The molecule has 0 radical (unpaired) electrons. The SMILES string of the molecule is C/C=N\NCCC. The van der Waals surface area contributed by atoms with Gasteiger partial charge in [-0.2, -0.15) is 5.10 Å². The molecule has 0 saturated heterocycles. The summed E-state index contributed by atoms with van der Waals surface area (Å²) in [6, 6.07) is 0. The number of rotatable bonds is 3. The van der Waals surface area contributed by atoms with Crippen molar-refractivity contribution in [2.24, 2.45) is 5.10 Å². The van der Waals surface area contributed by atoms with Crippen LogP contribution < -0.4 is 5.43 Å². The Bertz CT molecular complexity index is 50.0. The molecule has 0 unspecified atom stereocenters. The van der Waals surface area contributed by atoms with Crippen molar-refractivity contribution < 1.29 is 0 Å². The highest BCUT2D eigenvalue weighted by Crippen LogP contribution is 1.66. The minimum Gasteiger partial charge on any atom is -0.310 e. The second-order valence-electron chi connectivity index (χ2n) is 1.30. The van der Waals surface area contributed by atoms with E-state index in [0.717, 1.165) is 13.0 Å². The first-order valence-electron chi connectivity index (χ1n) is 2.62. The fraction of sp³-hybridized carbons (Fsp3) is 0.800. The van der Waals surface area contributed by atoms with Crippen LogP contribution in [0.4, 0.5) is 0 Å². The Morgan fingerprint density at radius 3 is 2.86 bits per heavy atom. The Hall–Kier alpha value is -0.530. The monoisotopic (exact) mass is 100 g/mol. The van der Waals surface area contributed by atoms with Crippen LogP contribution in [0.15, 0.2) is 5.10 Å². The van der Waals surface area contributed by atoms with Crippen molar-refractivity contribution in [1.82, 2.24) is 5.43 Å². The molecular formula is C5H12N2. The maximum Gasteiger partial charge on any atom is 0.0326 e. The van der Waals surface area contributed by atoms with Gasteiger partial charge in [-0.3, -0.25) is 0 Å². The predicted octanol–water partition coefficient (Wildman–Crippen LogP) is 0.992. The zero-order valence-corrected chi connectivity index (χ0v) is 4.94. The van der Waals surface area contributed by atoms with Crippen molar-refractivity contribution in [2.75, 3.05) is 6.54 Å². The highest BCUT2D eigenvalue weighted by molar-refractivity contribution is 5.52. The Kier molecular flexibility index (Phi) is 5.06. The van der Waals surface area contributed by atoms with E-state index in [9.17, 15) is 0 Å². The van der Waals surface area contributed by atoms with Crippen LogP contribution in [0.5, 0.6) is 0 Å². The summed E-state index contributed by atoms with van der Waals surface area (Å²) in [6.07, 6.45) is 2.88. The van der Waals surface area contributed by atoms with Crippen molar-refractivity contribution in [3.63, 3.8) is 0 Å². The predicted molar refractivity (Wildman–Crippen MR) is 32.5 cm³/mol. The molecule has 42 valence electrons. The Morgan fingerprint density at radius 2 is 2.43 bits per heavy atom. The van der Waals surface area contributed by atoms with Gasteiger partial charge in [-0.15, -0.1) is 0 Å². The van der Waals surface area contributed by atoms with Crippen molar-refractivity contribution in [3.05, 3.63) is 0 Å². The van der Waals surface area contributed by atoms with Crippen molar-refractivity contribution in [3.8, 4) is 0 Å². The Labute approximate surface area is 44.6 Å². The number of hydrogen-bond acceptors (Lipinski definition) is 2. The van der Waals surface area contributed by atoms with Crippen LogP contribution >= 0.6 is 0 Å². The number of nitrogens with one attached hydrogen (secondary N) is 1. The maximum atomic E-state index is 3.79. The molecule has 2 heteroatoms. The lowest BCUT2D eigenvalue weighted by molar-refractivity contribution is 0.719. The number of hydrazone groups is 1. The van der Waals surface area contributed by atoms with E-state index in [2.05, 4.69) is 17.5 Å². The van der Waals surface area contributed by atoms with Crippen LogP contribution in [-0.4, -0.2) is 12.8 Å². The summed E-state index contributed by atoms with van der Waals surface area (Å²) in [6.45, 7) is 4.98. The molecule has 7 heavy (non-hydrogen) atoms. The van der Waals surface area contributed by atoms with Crippen molar-refractivity contribution in [2.45, 2.75) is 20.3 Å². The van der Waals surface area contributed by atoms with Gasteiger partial charge in [-0.25, -0.2) is 0 Å². The van der Waals surface area contributed by atoms with Gasteiger partial charge < -0.3 is 5.43 Å². The second kappa shape index (κ2) is 5.47. The zero-order chi connectivity index (χ0) is 5.54. The molecule has 1 N–H and O–H groups in total. The third-order valence-electron chi connectivity index (χ3n) is 0.582. The molecule has 0 atom stereocenters. The van der Waals surface area contributed by atoms with Gasteiger partial charge in [0, 0.05) is 12.8 Å². The summed E-state index contributed by atoms with van der Waals surface area (Å²) in [7, 11) is 0. The van der Waals surface area contributed by atoms with Gasteiger partial charge in [0.15, 0.2) is 0 Å². The summed E-state index contributed by atoms with van der Waals surface area (Å²) < 4.78 is 0. The Morgan fingerprint density at radius 1 is 1.71 bits per heavy atom. The summed E-state index contributed by atoms with van der Waals surface area (Å²) in [5.41, 5.74) is 2.85. The molecule has 0 bridgehead atoms. The molecule has 0 aromatic rings. The highest BCUT2D eigenvalue weighted by Gasteiger charge is 1.69. The minimum atomic E-state index is 0.977. The van der Waals surface area contributed by atoms with E-state index in [0.29, 0.717) is 0 Å². The van der Waals surface area contributed by atoms with Gasteiger partial charge in [0.05, 0.1) is 0 Å². The van der Waals surface area contributed by atoms with Crippen LogP contribution in [0.3, 0.4) is 0 Å². The molecule has 2 nitrogen and oxygen atoms in total.